The van der Waals surface area contributed by atoms with Gasteiger partial charge in [-0.3, -0.25) is 9.69 Å². The summed E-state index contributed by atoms with van der Waals surface area (Å²) < 4.78 is 0. The van der Waals surface area contributed by atoms with Gasteiger partial charge in [-0.15, -0.1) is 0 Å². The van der Waals surface area contributed by atoms with E-state index < -0.39 is 5.97 Å². The summed E-state index contributed by atoms with van der Waals surface area (Å²) in [7, 11) is 2.10. The van der Waals surface area contributed by atoms with Crippen LogP contribution in [0.3, 0.4) is 0 Å². The highest BCUT2D eigenvalue weighted by Crippen LogP contribution is 2.30. The Hall–Kier alpha value is -0.570. The van der Waals surface area contributed by atoms with Gasteiger partial charge in [0, 0.05) is 12.1 Å². The zero-order chi connectivity index (χ0) is 13.0. The van der Waals surface area contributed by atoms with E-state index in [4.69, 9.17) is 0 Å². The van der Waals surface area contributed by atoms with E-state index in [2.05, 4.69) is 32.7 Å². The lowest BCUT2D eigenvalue weighted by Crippen LogP contribution is -2.47. The molecule has 1 fully saturated rings. The normalized spacial score (nSPS) is 27.4. The number of carboxylic acid groups (broad SMARTS) is 1. The maximum absolute atomic E-state index is 11.3. The maximum Gasteiger partial charge on any atom is 0.308 e. The number of carbonyl (C=O) groups is 1. The van der Waals surface area contributed by atoms with Gasteiger partial charge in [0.15, 0.2) is 0 Å². The maximum atomic E-state index is 11.3. The molecule has 3 nitrogen and oxygen atoms in total. The molecule has 3 unspecified atom stereocenters. The molecule has 0 radical (unpaired) electrons. The molecule has 1 rings (SSSR count). The lowest BCUT2D eigenvalue weighted by Gasteiger charge is -2.39. The van der Waals surface area contributed by atoms with Gasteiger partial charge in [-0.25, -0.2) is 0 Å². The minimum atomic E-state index is -0.613. The van der Waals surface area contributed by atoms with Gasteiger partial charge >= 0.3 is 5.97 Å². The Morgan fingerprint density at radius 3 is 2.41 bits per heavy atom. The first-order valence-electron chi connectivity index (χ1n) is 6.88. The van der Waals surface area contributed by atoms with Crippen LogP contribution < -0.4 is 0 Å². The minimum Gasteiger partial charge on any atom is -0.481 e. The standard InChI is InChI=1S/C14H27NO2/c1-10(2)9-11(3)15(4)13-8-6-5-7-12(13)14(16)17/h10-13H,5-9H2,1-4H3,(H,16,17). The number of aliphatic carboxylic acids is 1. The molecule has 1 aliphatic rings. The fourth-order valence-electron chi connectivity index (χ4n) is 3.06. The van der Waals surface area contributed by atoms with Gasteiger partial charge in [0.2, 0.25) is 0 Å². The number of rotatable bonds is 5. The van der Waals surface area contributed by atoms with Gasteiger partial charge in [-0.2, -0.15) is 0 Å². The van der Waals surface area contributed by atoms with Crippen molar-refractivity contribution in [3.8, 4) is 0 Å². The van der Waals surface area contributed by atoms with Crippen LogP contribution in [0.25, 0.3) is 0 Å². The lowest BCUT2D eigenvalue weighted by molar-refractivity contribution is -0.145. The summed E-state index contributed by atoms with van der Waals surface area (Å²) in [6.07, 6.45) is 5.26. The Morgan fingerprint density at radius 2 is 1.88 bits per heavy atom. The highest BCUT2D eigenvalue weighted by atomic mass is 16.4. The zero-order valence-electron chi connectivity index (χ0n) is 11.6. The molecule has 0 saturated heterocycles. The monoisotopic (exact) mass is 241 g/mol. The van der Waals surface area contributed by atoms with E-state index in [-0.39, 0.29) is 12.0 Å². The molecule has 0 aromatic heterocycles. The van der Waals surface area contributed by atoms with Crippen LogP contribution in [0.2, 0.25) is 0 Å². The fourth-order valence-corrected chi connectivity index (χ4v) is 3.06. The van der Waals surface area contributed by atoms with Crippen molar-refractivity contribution in [1.29, 1.82) is 0 Å². The summed E-state index contributed by atoms with van der Waals surface area (Å²) in [4.78, 5) is 13.6. The third kappa shape index (κ3) is 3.98. The highest BCUT2D eigenvalue weighted by molar-refractivity contribution is 5.71. The average Bonchev–Trinajstić information content (AvgIpc) is 2.27. The van der Waals surface area contributed by atoms with E-state index in [0.717, 1.165) is 25.7 Å². The van der Waals surface area contributed by atoms with Crippen molar-refractivity contribution < 1.29 is 9.90 Å². The Morgan fingerprint density at radius 1 is 1.29 bits per heavy atom. The van der Waals surface area contributed by atoms with Crippen molar-refractivity contribution in [1.82, 2.24) is 4.90 Å². The van der Waals surface area contributed by atoms with Crippen LogP contribution in [0.15, 0.2) is 0 Å². The van der Waals surface area contributed by atoms with Gasteiger partial charge in [0.05, 0.1) is 5.92 Å². The van der Waals surface area contributed by atoms with Crippen LogP contribution in [0.5, 0.6) is 0 Å². The van der Waals surface area contributed by atoms with Crippen molar-refractivity contribution in [2.45, 2.75) is 65.0 Å². The van der Waals surface area contributed by atoms with E-state index in [1.54, 1.807) is 0 Å². The second-order valence-electron chi connectivity index (χ2n) is 5.94. The molecule has 17 heavy (non-hydrogen) atoms. The summed E-state index contributed by atoms with van der Waals surface area (Å²) in [5, 5.41) is 9.29. The van der Waals surface area contributed by atoms with Crippen LogP contribution in [-0.4, -0.2) is 35.1 Å². The van der Waals surface area contributed by atoms with Gasteiger partial charge in [-0.1, -0.05) is 26.7 Å². The SMILES string of the molecule is CC(C)CC(C)N(C)C1CCCCC1C(=O)O. The van der Waals surface area contributed by atoms with E-state index in [9.17, 15) is 9.90 Å². The lowest BCUT2D eigenvalue weighted by atomic mass is 9.83. The topological polar surface area (TPSA) is 40.5 Å². The van der Waals surface area contributed by atoms with Crippen molar-refractivity contribution in [2.24, 2.45) is 11.8 Å². The number of hydrogen-bond donors (Lipinski definition) is 1. The molecule has 1 N–H and O–H groups in total. The smallest absolute Gasteiger partial charge is 0.308 e. The Kier molecular flexibility index (Phi) is 5.44. The van der Waals surface area contributed by atoms with Crippen LogP contribution in [0.1, 0.15) is 52.9 Å². The second-order valence-corrected chi connectivity index (χ2v) is 5.94. The first kappa shape index (κ1) is 14.5. The zero-order valence-corrected chi connectivity index (χ0v) is 11.6. The molecule has 100 valence electrons. The van der Waals surface area contributed by atoms with Gasteiger partial charge in [0.1, 0.15) is 0 Å². The quantitative estimate of drug-likeness (QED) is 0.804. The Bertz CT molecular complexity index is 253. The summed E-state index contributed by atoms with van der Waals surface area (Å²) in [6, 6.07) is 0.704. The first-order chi connectivity index (χ1) is 7.93. The van der Waals surface area contributed by atoms with Crippen molar-refractivity contribution in [3.63, 3.8) is 0 Å². The van der Waals surface area contributed by atoms with Crippen LogP contribution >= 0.6 is 0 Å². The molecule has 3 heteroatoms. The second kappa shape index (κ2) is 6.39. The van der Waals surface area contributed by atoms with Gasteiger partial charge < -0.3 is 5.11 Å². The summed E-state index contributed by atoms with van der Waals surface area (Å²) in [5.41, 5.74) is 0. The molecule has 0 aliphatic heterocycles. The van der Waals surface area contributed by atoms with Crippen LogP contribution in [0.4, 0.5) is 0 Å². The van der Waals surface area contributed by atoms with E-state index >= 15 is 0 Å². The number of nitrogens with zero attached hydrogens (tertiary/aromatic N) is 1. The molecule has 3 atom stereocenters. The van der Waals surface area contributed by atoms with E-state index in [1.807, 2.05) is 0 Å². The number of carboxylic acids is 1. The summed E-state index contributed by atoms with van der Waals surface area (Å²) >= 11 is 0. The predicted molar refractivity (Wildman–Crippen MR) is 70.1 cm³/mol. The number of hydrogen-bond acceptors (Lipinski definition) is 2. The molecular weight excluding hydrogens is 214 g/mol. The molecular formula is C14H27NO2. The third-order valence-corrected chi connectivity index (χ3v) is 4.08. The average molecular weight is 241 g/mol. The Balaban J connectivity index is 2.64. The molecule has 0 aromatic rings. The third-order valence-electron chi connectivity index (χ3n) is 4.08. The molecule has 0 amide bonds. The van der Waals surface area contributed by atoms with E-state index in [1.165, 1.54) is 6.42 Å². The van der Waals surface area contributed by atoms with Gasteiger partial charge in [0.25, 0.3) is 0 Å². The highest BCUT2D eigenvalue weighted by Gasteiger charge is 2.34. The molecule has 0 aromatic carbocycles. The molecule has 0 spiro atoms. The predicted octanol–water partition coefficient (Wildman–Crippen LogP) is 3.00. The van der Waals surface area contributed by atoms with Gasteiger partial charge in [-0.05, 0) is 39.2 Å². The minimum absolute atomic E-state index is 0.164. The Labute approximate surface area is 105 Å². The summed E-state index contributed by atoms with van der Waals surface area (Å²) in [5.74, 6) is -0.110. The fraction of sp³-hybridized carbons (Fsp3) is 0.929. The van der Waals surface area contributed by atoms with Crippen molar-refractivity contribution >= 4 is 5.97 Å². The molecule has 0 bridgehead atoms. The molecule has 0 heterocycles. The molecule has 1 saturated carbocycles. The summed E-state index contributed by atoms with van der Waals surface area (Å²) in [6.45, 7) is 6.66. The van der Waals surface area contributed by atoms with Crippen molar-refractivity contribution in [2.75, 3.05) is 7.05 Å². The van der Waals surface area contributed by atoms with Crippen LogP contribution in [0, 0.1) is 11.8 Å². The van der Waals surface area contributed by atoms with Crippen LogP contribution in [-0.2, 0) is 4.79 Å². The molecule has 1 aliphatic carbocycles. The van der Waals surface area contributed by atoms with Crippen molar-refractivity contribution in [3.05, 3.63) is 0 Å². The first-order valence-corrected chi connectivity index (χ1v) is 6.88. The largest absolute Gasteiger partial charge is 0.481 e. The van der Waals surface area contributed by atoms with E-state index in [0.29, 0.717) is 12.0 Å².